The number of hydrogen-bond acceptors (Lipinski definition) is 4. The van der Waals surface area contributed by atoms with E-state index in [1.165, 1.54) is 37.8 Å². The van der Waals surface area contributed by atoms with Crippen molar-refractivity contribution in [2.45, 2.75) is 49.2 Å². The zero-order chi connectivity index (χ0) is 18.7. The molecule has 25 heavy (non-hydrogen) atoms. The number of benzene rings is 1. The van der Waals surface area contributed by atoms with E-state index in [1.807, 2.05) is 0 Å². The normalized spacial score (nSPS) is 11.0. The van der Waals surface area contributed by atoms with Gasteiger partial charge in [0.15, 0.2) is 0 Å². The first-order valence-electron chi connectivity index (χ1n) is 8.17. The van der Waals surface area contributed by atoms with Crippen molar-refractivity contribution in [1.82, 2.24) is 5.32 Å². The highest BCUT2D eigenvalue weighted by Gasteiger charge is 2.33. The molecule has 0 aliphatic heterocycles. The number of esters is 1. The Balaban J connectivity index is 2.35. The Morgan fingerprint density at radius 3 is 2.24 bits per heavy atom. The van der Waals surface area contributed by atoms with E-state index >= 15 is 0 Å². The van der Waals surface area contributed by atoms with Crippen LogP contribution in [0.4, 0.5) is 4.79 Å². The van der Waals surface area contributed by atoms with Crippen LogP contribution in [-0.4, -0.2) is 22.4 Å². The van der Waals surface area contributed by atoms with Gasteiger partial charge in [0.05, 0.1) is 0 Å². The molecule has 140 valence electrons. The molecule has 1 rings (SSSR count). The van der Waals surface area contributed by atoms with Crippen molar-refractivity contribution in [3.63, 3.8) is 0 Å². The largest absolute Gasteiger partial charge is 0.423 e. The molecule has 8 heteroatoms. The van der Waals surface area contributed by atoms with Crippen LogP contribution in [0, 0.1) is 0 Å². The minimum Gasteiger partial charge on any atom is -0.423 e. The second kappa shape index (κ2) is 11.4. The average molecular weight is 411 g/mol. The van der Waals surface area contributed by atoms with Crippen LogP contribution in [0.5, 0.6) is 11.5 Å². The summed E-state index contributed by atoms with van der Waals surface area (Å²) >= 11 is 16.3. The molecular weight excluding hydrogens is 389 g/mol. The van der Waals surface area contributed by atoms with Crippen molar-refractivity contribution in [3.05, 3.63) is 24.3 Å². The molecule has 0 atom stereocenters. The van der Waals surface area contributed by atoms with Crippen LogP contribution in [-0.2, 0) is 4.79 Å². The van der Waals surface area contributed by atoms with E-state index in [1.54, 1.807) is 12.1 Å². The minimum absolute atomic E-state index is 0.109. The van der Waals surface area contributed by atoms with Crippen molar-refractivity contribution >= 4 is 46.9 Å². The van der Waals surface area contributed by atoms with E-state index in [-0.39, 0.29) is 11.5 Å². The van der Waals surface area contributed by atoms with E-state index in [0.717, 1.165) is 12.8 Å². The highest BCUT2D eigenvalue weighted by atomic mass is 35.6. The van der Waals surface area contributed by atoms with Gasteiger partial charge in [-0.25, -0.2) is 9.59 Å². The lowest BCUT2D eigenvalue weighted by molar-refractivity contribution is -0.133. The van der Waals surface area contributed by atoms with E-state index in [9.17, 15) is 9.59 Å². The molecule has 0 spiro atoms. The van der Waals surface area contributed by atoms with Crippen LogP contribution in [0.2, 0.25) is 0 Å². The molecule has 0 aliphatic rings. The molecule has 0 fully saturated rings. The Labute approximate surface area is 162 Å². The van der Waals surface area contributed by atoms with Crippen LogP contribution in [0.15, 0.2) is 24.3 Å². The summed E-state index contributed by atoms with van der Waals surface area (Å²) in [7, 11) is 0. The molecule has 1 aromatic carbocycles. The molecule has 0 saturated carbocycles. The number of alkyl halides is 3. The molecule has 0 saturated heterocycles. The predicted octanol–water partition coefficient (Wildman–Crippen LogP) is 5.41. The third kappa shape index (κ3) is 9.78. The molecule has 0 heterocycles. The number of unbranched alkanes of at least 4 members (excludes halogenated alkanes) is 5. The van der Waals surface area contributed by atoms with Gasteiger partial charge in [0.2, 0.25) is 0 Å². The van der Waals surface area contributed by atoms with Gasteiger partial charge in [0.25, 0.3) is 3.79 Å². The zero-order valence-electron chi connectivity index (χ0n) is 14.0. The SMILES string of the molecule is CCCCCCCCNC(=O)Oc1cccc(OC(=O)C(Cl)(Cl)Cl)c1. The van der Waals surface area contributed by atoms with Gasteiger partial charge in [0.1, 0.15) is 11.5 Å². The van der Waals surface area contributed by atoms with Crippen molar-refractivity contribution in [3.8, 4) is 11.5 Å². The number of hydrogen-bond donors (Lipinski definition) is 1. The quantitative estimate of drug-likeness (QED) is 0.256. The summed E-state index contributed by atoms with van der Waals surface area (Å²) in [5, 5.41) is 2.67. The zero-order valence-corrected chi connectivity index (χ0v) is 16.3. The Hall–Kier alpha value is -1.17. The number of nitrogens with one attached hydrogen (secondary N) is 1. The lowest BCUT2D eigenvalue weighted by Gasteiger charge is -2.11. The lowest BCUT2D eigenvalue weighted by Crippen LogP contribution is -2.27. The minimum atomic E-state index is -2.18. The van der Waals surface area contributed by atoms with E-state index < -0.39 is 15.9 Å². The molecule has 0 unspecified atom stereocenters. The Kier molecular flexibility index (Phi) is 10.0. The van der Waals surface area contributed by atoms with Gasteiger partial charge in [-0.15, -0.1) is 0 Å². The van der Waals surface area contributed by atoms with Gasteiger partial charge in [-0.2, -0.15) is 0 Å². The topological polar surface area (TPSA) is 64.6 Å². The van der Waals surface area contributed by atoms with Crippen LogP contribution in [0.25, 0.3) is 0 Å². The second-order valence-electron chi connectivity index (χ2n) is 5.45. The van der Waals surface area contributed by atoms with Gasteiger partial charge in [-0.05, 0) is 18.6 Å². The first-order chi connectivity index (χ1) is 11.8. The molecule has 1 amide bonds. The fourth-order valence-electron chi connectivity index (χ4n) is 2.00. The molecule has 1 aromatic rings. The highest BCUT2D eigenvalue weighted by molar-refractivity contribution is 6.75. The first kappa shape index (κ1) is 21.9. The van der Waals surface area contributed by atoms with Crippen molar-refractivity contribution in [1.29, 1.82) is 0 Å². The molecule has 1 N–H and O–H groups in total. The Morgan fingerprint density at radius 1 is 1.00 bits per heavy atom. The monoisotopic (exact) mass is 409 g/mol. The maximum absolute atomic E-state index is 11.7. The van der Waals surface area contributed by atoms with Gasteiger partial charge in [-0.3, -0.25) is 0 Å². The molecular formula is C17H22Cl3NO4. The van der Waals surface area contributed by atoms with Crippen LogP contribution < -0.4 is 14.8 Å². The Bertz CT molecular complexity index is 561. The maximum Gasteiger partial charge on any atom is 0.412 e. The summed E-state index contributed by atoms with van der Waals surface area (Å²) in [5.74, 6) is -0.713. The summed E-state index contributed by atoms with van der Waals surface area (Å²) in [6.45, 7) is 2.72. The standard InChI is InChI=1S/C17H22Cl3NO4/c1-2-3-4-5-6-7-11-21-16(23)25-14-10-8-9-13(12-14)24-15(22)17(18,19)20/h8-10,12H,2-7,11H2,1H3,(H,21,23). The number of amides is 1. The molecule has 0 radical (unpaired) electrons. The summed E-state index contributed by atoms with van der Waals surface area (Å²) < 4.78 is 7.85. The molecule has 0 aliphatic carbocycles. The van der Waals surface area contributed by atoms with Crippen LogP contribution in [0.1, 0.15) is 45.4 Å². The molecule has 0 bridgehead atoms. The fourth-order valence-corrected chi connectivity index (χ4v) is 2.12. The van der Waals surface area contributed by atoms with Crippen LogP contribution in [0.3, 0.4) is 0 Å². The highest BCUT2D eigenvalue weighted by Crippen LogP contribution is 2.29. The fraction of sp³-hybridized carbons (Fsp3) is 0.529. The third-order valence-electron chi connectivity index (χ3n) is 3.26. The van der Waals surface area contributed by atoms with Crippen molar-refractivity contribution in [2.75, 3.05) is 6.54 Å². The lowest BCUT2D eigenvalue weighted by atomic mass is 10.1. The maximum atomic E-state index is 11.7. The van der Waals surface area contributed by atoms with Gasteiger partial charge in [0, 0.05) is 12.6 Å². The summed E-state index contributed by atoms with van der Waals surface area (Å²) in [6, 6.07) is 5.95. The average Bonchev–Trinajstić information content (AvgIpc) is 2.53. The number of ether oxygens (including phenoxy) is 2. The number of halogens is 3. The smallest absolute Gasteiger partial charge is 0.412 e. The molecule has 5 nitrogen and oxygen atoms in total. The third-order valence-corrected chi connectivity index (χ3v) is 3.72. The molecule has 0 aromatic heterocycles. The van der Waals surface area contributed by atoms with Crippen molar-refractivity contribution in [2.24, 2.45) is 0 Å². The number of carbonyl (C=O) groups excluding carboxylic acids is 2. The number of carbonyl (C=O) groups is 2. The van der Waals surface area contributed by atoms with Gasteiger partial charge < -0.3 is 14.8 Å². The van der Waals surface area contributed by atoms with E-state index in [2.05, 4.69) is 12.2 Å². The summed E-state index contributed by atoms with van der Waals surface area (Å²) in [5.41, 5.74) is 0. The van der Waals surface area contributed by atoms with Crippen LogP contribution >= 0.6 is 34.8 Å². The second-order valence-corrected chi connectivity index (χ2v) is 7.73. The van der Waals surface area contributed by atoms with Gasteiger partial charge >= 0.3 is 12.1 Å². The first-order valence-corrected chi connectivity index (χ1v) is 9.31. The summed E-state index contributed by atoms with van der Waals surface area (Å²) in [4.78, 5) is 23.2. The van der Waals surface area contributed by atoms with Gasteiger partial charge in [-0.1, -0.05) is 79.9 Å². The Morgan fingerprint density at radius 2 is 1.60 bits per heavy atom. The van der Waals surface area contributed by atoms with E-state index in [0.29, 0.717) is 6.54 Å². The number of rotatable bonds is 9. The predicted molar refractivity (Wildman–Crippen MR) is 99.8 cm³/mol. The van der Waals surface area contributed by atoms with Crippen molar-refractivity contribution < 1.29 is 19.1 Å². The summed E-state index contributed by atoms with van der Waals surface area (Å²) in [6.07, 6.45) is 6.25. The van der Waals surface area contributed by atoms with E-state index in [4.69, 9.17) is 44.3 Å².